The number of furan rings is 1. The molecule has 1 aliphatic rings. The molecular weight excluding hydrogens is 606 g/mol. The Kier molecular flexibility index (Phi) is 7.59. The van der Waals surface area contributed by atoms with Gasteiger partial charge in [-0.3, -0.25) is 14.4 Å². The lowest BCUT2D eigenvalue weighted by atomic mass is 9.79. The zero-order valence-corrected chi connectivity index (χ0v) is 24.8. The number of aromatic nitrogens is 1. The molecule has 0 radical (unpaired) electrons. The number of benzene rings is 2. The summed E-state index contributed by atoms with van der Waals surface area (Å²) in [5, 5.41) is 0.877. The lowest BCUT2D eigenvalue weighted by Gasteiger charge is -2.36. The van der Waals surface area contributed by atoms with E-state index in [1.165, 1.54) is 0 Å². The van der Waals surface area contributed by atoms with Crippen LogP contribution in [0.15, 0.2) is 59.0 Å². The second kappa shape index (κ2) is 10.7. The molecule has 7 nitrogen and oxygen atoms in total. The topological polar surface area (TPSA) is 106 Å². The van der Waals surface area contributed by atoms with E-state index in [1.54, 1.807) is 75.4 Å². The fourth-order valence-corrected chi connectivity index (χ4v) is 5.88. The molecule has 12 heteroatoms. The summed E-state index contributed by atoms with van der Waals surface area (Å²) in [7, 11) is 0. The highest BCUT2D eigenvalue weighted by atomic mass is 35.5. The van der Waals surface area contributed by atoms with Gasteiger partial charge in [0.15, 0.2) is 11.3 Å². The van der Waals surface area contributed by atoms with Gasteiger partial charge in [0, 0.05) is 44.1 Å². The maximum absolute atomic E-state index is 13.8. The Bertz CT molecular complexity index is 1780. The Morgan fingerprint density at radius 2 is 1.65 bits per heavy atom. The highest BCUT2D eigenvalue weighted by molar-refractivity contribution is 6.33. The Labute approximate surface area is 254 Å². The van der Waals surface area contributed by atoms with Gasteiger partial charge in [-0.15, -0.1) is 0 Å². The molecule has 3 heterocycles. The molecule has 1 aliphatic heterocycles. The van der Waals surface area contributed by atoms with Crippen molar-refractivity contribution in [3.63, 3.8) is 0 Å². The minimum atomic E-state index is -5.30. The van der Waals surface area contributed by atoms with Crippen molar-refractivity contribution in [3.8, 4) is 22.4 Å². The van der Waals surface area contributed by atoms with E-state index in [9.17, 15) is 27.6 Å². The molecule has 0 saturated carbocycles. The van der Waals surface area contributed by atoms with Crippen molar-refractivity contribution in [2.24, 2.45) is 11.1 Å². The third kappa shape index (κ3) is 5.16. The van der Waals surface area contributed by atoms with Crippen LogP contribution in [-0.2, 0) is 15.1 Å². The summed E-state index contributed by atoms with van der Waals surface area (Å²) < 4.78 is 47.6. The molecule has 2 aromatic carbocycles. The molecular formula is C31H26Cl2F3N3O4. The molecule has 2 amide bonds. The molecule has 0 aliphatic carbocycles. The van der Waals surface area contributed by atoms with Crippen molar-refractivity contribution in [2.45, 2.75) is 45.3 Å². The van der Waals surface area contributed by atoms with Gasteiger partial charge in [0.25, 0.3) is 0 Å². The number of carbonyl (C=O) groups is 3. The van der Waals surface area contributed by atoms with E-state index in [0.717, 1.165) is 0 Å². The number of hydrogen-bond acceptors (Lipinski definition) is 5. The molecule has 2 N–H and O–H groups in total. The second-order valence-electron chi connectivity index (χ2n) is 11.4. The predicted octanol–water partition coefficient (Wildman–Crippen LogP) is 7.56. The number of alkyl halides is 3. The average Bonchev–Trinajstić information content (AvgIpc) is 3.53. The number of carbonyl (C=O) groups excluding carboxylic acids is 3. The summed E-state index contributed by atoms with van der Waals surface area (Å²) in [6.07, 6.45) is -5.54. The monoisotopic (exact) mass is 631 g/mol. The smallest absolute Gasteiger partial charge is 0.434 e. The highest BCUT2D eigenvalue weighted by Gasteiger charge is 2.59. The number of ketones is 1. The molecule has 1 saturated heterocycles. The second-order valence-corrected chi connectivity index (χ2v) is 12.2. The fourth-order valence-electron chi connectivity index (χ4n) is 5.53. The average molecular weight is 632 g/mol. The molecule has 43 heavy (non-hydrogen) atoms. The maximum Gasteiger partial charge on any atom is 0.471 e. The summed E-state index contributed by atoms with van der Waals surface area (Å²) in [6.45, 7) is 4.38. The van der Waals surface area contributed by atoms with Crippen LogP contribution >= 0.6 is 23.2 Å². The number of primary amides is 1. The zero-order chi connectivity index (χ0) is 31.5. The zero-order valence-electron chi connectivity index (χ0n) is 23.3. The summed E-state index contributed by atoms with van der Waals surface area (Å²) in [5.41, 5.74) is 4.00. The molecule has 5 rings (SSSR count). The van der Waals surface area contributed by atoms with Crippen molar-refractivity contribution in [2.75, 3.05) is 6.54 Å². The van der Waals surface area contributed by atoms with Crippen molar-refractivity contribution < 1.29 is 32.0 Å². The fraction of sp³-hybridized carbons (Fsp3) is 0.290. The largest absolute Gasteiger partial charge is 0.471 e. The summed E-state index contributed by atoms with van der Waals surface area (Å²) in [4.78, 5) is 45.0. The number of hydrogen-bond donors (Lipinski definition) is 1. The Balaban J connectivity index is 1.94. The normalized spacial score (nSPS) is 17.4. The minimum absolute atomic E-state index is 0.0236. The van der Waals surface area contributed by atoms with E-state index < -0.39 is 47.0 Å². The van der Waals surface area contributed by atoms with Crippen molar-refractivity contribution >= 4 is 51.9 Å². The highest BCUT2D eigenvalue weighted by Crippen LogP contribution is 2.49. The predicted molar refractivity (Wildman–Crippen MR) is 157 cm³/mol. The number of amides is 2. The number of fused-ring (bicyclic) bond motifs is 1. The lowest BCUT2D eigenvalue weighted by Crippen LogP contribution is -2.57. The van der Waals surface area contributed by atoms with Crippen molar-refractivity contribution in [1.82, 2.24) is 9.88 Å². The Hall–Kier alpha value is -3.89. The third-order valence-corrected chi connectivity index (χ3v) is 8.13. The first-order valence-corrected chi connectivity index (χ1v) is 14.1. The molecule has 4 aromatic rings. The molecule has 2 aromatic heterocycles. The van der Waals surface area contributed by atoms with Gasteiger partial charge in [0.1, 0.15) is 0 Å². The van der Waals surface area contributed by atoms with Crippen LogP contribution in [0.4, 0.5) is 13.2 Å². The summed E-state index contributed by atoms with van der Waals surface area (Å²) in [6, 6.07) is 15.2. The van der Waals surface area contributed by atoms with Crippen LogP contribution in [0.3, 0.4) is 0 Å². The van der Waals surface area contributed by atoms with Crippen LogP contribution < -0.4 is 5.73 Å². The van der Waals surface area contributed by atoms with E-state index in [2.05, 4.69) is 0 Å². The number of pyridine rings is 1. The van der Waals surface area contributed by atoms with E-state index >= 15 is 0 Å². The first-order chi connectivity index (χ1) is 20.1. The number of likely N-dealkylation sites (tertiary alicyclic amines) is 1. The van der Waals surface area contributed by atoms with Crippen LogP contribution in [0.25, 0.3) is 33.5 Å². The molecule has 0 spiro atoms. The minimum Gasteiger partial charge on any atom is -0.434 e. The van der Waals surface area contributed by atoms with Gasteiger partial charge < -0.3 is 15.1 Å². The Morgan fingerprint density at radius 3 is 2.23 bits per heavy atom. The molecule has 1 fully saturated rings. The van der Waals surface area contributed by atoms with Crippen LogP contribution in [-0.4, -0.2) is 40.2 Å². The molecule has 1 atom stereocenters. The Morgan fingerprint density at radius 1 is 1.00 bits per heavy atom. The summed E-state index contributed by atoms with van der Waals surface area (Å²) >= 11 is 12.7. The van der Waals surface area contributed by atoms with E-state index in [0.29, 0.717) is 37.3 Å². The lowest BCUT2D eigenvalue weighted by molar-refractivity contribution is -0.190. The standard InChI is InChI=1S/C31H26Cl2F3N3O4/c1-29(2,3)25(40)24-22(30(27(37)41)13-6-14-39(30)28(42)31(34,35)36)20-15-19(16-9-11-17(32)12-10-16)23(38-26(20)43-24)18-7-4-5-8-21(18)33/h4-5,7-12,15H,6,13-14H2,1-3H3,(H2,37,41)/t30-/m0/s1. The van der Waals surface area contributed by atoms with Crippen LogP contribution in [0.5, 0.6) is 0 Å². The number of nitrogens with two attached hydrogens (primary N) is 1. The maximum atomic E-state index is 13.8. The number of Topliss-reactive ketones (excluding diaryl/α,β-unsaturated/α-hetero) is 1. The van der Waals surface area contributed by atoms with E-state index in [4.69, 9.17) is 38.3 Å². The van der Waals surface area contributed by atoms with Crippen LogP contribution in [0, 0.1) is 5.41 Å². The van der Waals surface area contributed by atoms with Gasteiger partial charge in [-0.1, -0.05) is 74.3 Å². The van der Waals surface area contributed by atoms with Gasteiger partial charge in [-0.2, -0.15) is 13.2 Å². The van der Waals surface area contributed by atoms with E-state index in [-0.39, 0.29) is 29.5 Å². The van der Waals surface area contributed by atoms with Gasteiger partial charge in [-0.25, -0.2) is 4.98 Å². The first kappa shape index (κ1) is 30.6. The van der Waals surface area contributed by atoms with Crippen molar-refractivity contribution in [1.29, 1.82) is 0 Å². The summed E-state index contributed by atoms with van der Waals surface area (Å²) in [5.74, 6) is -4.48. The van der Waals surface area contributed by atoms with Gasteiger partial charge in [0.2, 0.25) is 17.4 Å². The van der Waals surface area contributed by atoms with Gasteiger partial charge >= 0.3 is 12.1 Å². The molecule has 224 valence electrons. The number of rotatable bonds is 5. The molecule has 0 unspecified atom stereocenters. The first-order valence-electron chi connectivity index (χ1n) is 13.3. The number of halogens is 5. The van der Waals surface area contributed by atoms with Crippen molar-refractivity contribution in [3.05, 3.63) is 76.0 Å². The third-order valence-electron chi connectivity index (χ3n) is 7.54. The van der Waals surface area contributed by atoms with Gasteiger partial charge in [-0.05, 0) is 42.7 Å². The quantitative estimate of drug-likeness (QED) is 0.229. The van der Waals surface area contributed by atoms with Crippen LogP contribution in [0.1, 0.15) is 49.7 Å². The van der Waals surface area contributed by atoms with E-state index in [1.807, 2.05) is 0 Å². The SMILES string of the molecule is CC(C)(C)C(=O)c1oc2nc(-c3ccccc3Cl)c(-c3ccc(Cl)cc3)cc2c1[C@]1(C(N)=O)CCCN1C(=O)C(F)(F)F. The van der Waals surface area contributed by atoms with Gasteiger partial charge in [0.05, 0.1) is 5.69 Å². The number of nitrogens with zero attached hydrogens (tertiary/aromatic N) is 2. The van der Waals surface area contributed by atoms with Crippen LogP contribution in [0.2, 0.25) is 10.0 Å². The molecule has 0 bridgehead atoms.